The molecule has 0 bridgehead atoms. The molecule has 2 N–H and O–H groups in total. The zero-order valence-corrected chi connectivity index (χ0v) is 17.4. The Morgan fingerprint density at radius 2 is 2.04 bits per heavy atom. The Labute approximate surface area is 169 Å². The van der Waals surface area contributed by atoms with Gasteiger partial charge in [0.25, 0.3) is 0 Å². The lowest BCUT2D eigenvalue weighted by molar-refractivity contribution is 0.0526. The van der Waals surface area contributed by atoms with Gasteiger partial charge in [0, 0.05) is 10.6 Å². The van der Waals surface area contributed by atoms with Gasteiger partial charge in [-0.25, -0.2) is 4.79 Å². The SMILES string of the molecule is CCOC(=O)c1c(NC(=S)Nc2ccc(OC)cc2)sc2c1CCC(C)C2. The molecule has 0 saturated heterocycles. The summed E-state index contributed by atoms with van der Waals surface area (Å²) in [6.07, 6.45) is 2.98. The third-order valence-electron chi connectivity index (χ3n) is 4.57. The van der Waals surface area contributed by atoms with Crippen molar-refractivity contribution in [3.63, 3.8) is 0 Å². The summed E-state index contributed by atoms with van der Waals surface area (Å²) in [5.74, 6) is 1.13. The van der Waals surface area contributed by atoms with Crippen LogP contribution in [0.4, 0.5) is 10.7 Å². The first-order valence-electron chi connectivity index (χ1n) is 9.05. The standard InChI is InChI=1S/C20H24N2O3S2/c1-4-25-19(23)17-15-10-5-12(2)11-16(15)27-18(17)22-20(26)21-13-6-8-14(24-3)9-7-13/h6-9,12H,4-5,10-11H2,1-3H3,(H2,21,22,26). The molecule has 0 spiro atoms. The van der Waals surface area contributed by atoms with Crippen LogP contribution in [0.2, 0.25) is 0 Å². The van der Waals surface area contributed by atoms with Gasteiger partial charge in [-0.15, -0.1) is 11.3 Å². The molecular weight excluding hydrogens is 380 g/mol. The lowest BCUT2D eigenvalue weighted by Crippen LogP contribution is -2.20. The van der Waals surface area contributed by atoms with Crippen molar-refractivity contribution in [2.75, 3.05) is 24.4 Å². The number of rotatable bonds is 5. The number of hydrogen-bond acceptors (Lipinski definition) is 5. The van der Waals surface area contributed by atoms with Gasteiger partial charge in [-0.2, -0.15) is 0 Å². The highest BCUT2D eigenvalue weighted by Gasteiger charge is 2.28. The number of benzene rings is 1. The zero-order chi connectivity index (χ0) is 19.4. The first-order valence-corrected chi connectivity index (χ1v) is 10.3. The number of methoxy groups -OCH3 is 1. The molecular formula is C20H24N2O3S2. The van der Waals surface area contributed by atoms with E-state index in [2.05, 4.69) is 17.6 Å². The Morgan fingerprint density at radius 3 is 2.70 bits per heavy atom. The summed E-state index contributed by atoms with van der Waals surface area (Å²) in [6, 6.07) is 7.50. The molecule has 144 valence electrons. The van der Waals surface area contributed by atoms with Crippen molar-refractivity contribution in [3.8, 4) is 5.75 Å². The first kappa shape index (κ1) is 19.6. The molecule has 1 aliphatic carbocycles. The molecule has 2 aromatic rings. The molecule has 0 amide bonds. The highest BCUT2D eigenvalue weighted by Crippen LogP contribution is 2.40. The smallest absolute Gasteiger partial charge is 0.341 e. The van der Waals surface area contributed by atoms with Crippen molar-refractivity contribution in [3.05, 3.63) is 40.3 Å². The van der Waals surface area contributed by atoms with Crippen LogP contribution < -0.4 is 15.4 Å². The summed E-state index contributed by atoms with van der Waals surface area (Å²) in [7, 11) is 1.63. The van der Waals surface area contributed by atoms with Gasteiger partial charge < -0.3 is 20.1 Å². The lowest BCUT2D eigenvalue weighted by Gasteiger charge is -2.18. The van der Waals surface area contributed by atoms with E-state index in [9.17, 15) is 4.79 Å². The number of carbonyl (C=O) groups excluding carboxylic acids is 1. The van der Waals surface area contributed by atoms with Gasteiger partial charge in [0.05, 0.1) is 19.3 Å². The topological polar surface area (TPSA) is 59.6 Å². The van der Waals surface area contributed by atoms with Gasteiger partial charge in [-0.1, -0.05) is 6.92 Å². The highest BCUT2D eigenvalue weighted by molar-refractivity contribution is 7.80. The van der Waals surface area contributed by atoms with Crippen molar-refractivity contribution < 1.29 is 14.3 Å². The lowest BCUT2D eigenvalue weighted by atomic mass is 9.88. The summed E-state index contributed by atoms with van der Waals surface area (Å²) < 4.78 is 10.5. The molecule has 1 heterocycles. The largest absolute Gasteiger partial charge is 0.497 e. The minimum absolute atomic E-state index is 0.278. The van der Waals surface area contributed by atoms with Crippen LogP contribution in [0.15, 0.2) is 24.3 Å². The summed E-state index contributed by atoms with van der Waals surface area (Å²) in [5.41, 5.74) is 2.61. The maximum Gasteiger partial charge on any atom is 0.341 e. The number of nitrogens with one attached hydrogen (secondary N) is 2. The van der Waals surface area contributed by atoms with Crippen LogP contribution in [0.25, 0.3) is 0 Å². The number of thiocarbonyl (C=S) groups is 1. The number of thiophene rings is 1. The number of hydrogen-bond donors (Lipinski definition) is 2. The van der Waals surface area contributed by atoms with Crippen molar-refractivity contribution in [1.29, 1.82) is 0 Å². The average Bonchev–Trinajstić information content (AvgIpc) is 2.99. The normalized spacial score (nSPS) is 15.6. The van der Waals surface area contributed by atoms with Crippen LogP contribution >= 0.6 is 23.6 Å². The van der Waals surface area contributed by atoms with Crippen LogP contribution in [0.5, 0.6) is 5.75 Å². The summed E-state index contributed by atoms with van der Waals surface area (Å²) >= 11 is 7.06. The Morgan fingerprint density at radius 1 is 1.30 bits per heavy atom. The van der Waals surface area contributed by atoms with Crippen molar-refractivity contribution >= 4 is 45.3 Å². The van der Waals surface area contributed by atoms with E-state index in [0.29, 0.717) is 23.2 Å². The fourth-order valence-electron chi connectivity index (χ4n) is 3.20. The highest BCUT2D eigenvalue weighted by atomic mass is 32.1. The maximum absolute atomic E-state index is 12.6. The fraction of sp³-hybridized carbons (Fsp3) is 0.400. The van der Waals surface area contributed by atoms with E-state index in [1.165, 1.54) is 4.88 Å². The van der Waals surface area contributed by atoms with E-state index in [4.69, 9.17) is 21.7 Å². The van der Waals surface area contributed by atoms with E-state index in [0.717, 1.165) is 41.3 Å². The second-order valence-electron chi connectivity index (χ2n) is 6.58. The quantitative estimate of drug-likeness (QED) is 0.548. The maximum atomic E-state index is 12.6. The molecule has 0 aliphatic heterocycles. The number of anilines is 2. The molecule has 5 nitrogen and oxygen atoms in total. The Kier molecular flexibility index (Phi) is 6.34. The minimum Gasteiger partial charge on any atom is -0.497 e. The summed E-state index contributed by atoms with van der Waals surface area (Å²) in [6.45, 7) is 4.42. The van der Waals surface area contributed by atoms with Crippen LogP contribution in [0, 0.1) is 5.92 Å². The summed E-state index contributed by atoms with van der Waals surface area (Å²) in [4.78, 5) is 13.8. The van der Waals surface area contributed by atoms with Gasteiger partial charge in [0.1, 0.15) is 10.8 Å². The molecule has 1 aromatic carbocycles. The van der Waals surface area contributed by atoms with Crippen molar-refractivity contribution in [2.45, 2.75) is 33.1 Å². The number of esters is 1. The summed E-state index contributed by atoms with van der Waals surface area (Å²) in [5, 5.41) is 7.56. The van der Waals surface area contributed by atoms with E-state index < -0.39 is 0 Å². The van der Waals surface area contributed by atoms with Gasteiger partial charge in [-0.05, 0) is 74.2 Å². The van der Waals surface area contributed by atoms with Gasteiger partial charge >= 0.3 is 5.97 Å². The monoisotopic (exact) mass is 404 g/mol. The van der Waals surface area contributed by atoms with Gasteiger partial charge in [-0.3, -0.25) is 0 Å². The van der Waals surface area contributed by atoms with Crippen LogP contribution in [-0.4, -0.2) is 24.8 Å². The zero-order valence-electron chi connectivity index (χ0n) is 15.8. The van der Waals surface area contributed by atoms with Gasteiger partial charge in [0.15, 0.2) is 5.11 Å². The Balaban J connectivity index is 1.80. The second kappa shape index (κ2) is 8.71. The molecule has 1 aliphatic rings. The third kappa shape index (κ3) is 4.59. The predicted octanol–water partition coefficient (Wildman–Crippen LogP) is 4.87. The van der Waals surface area contributed by atoms with E-state index in [1.807, 2.05) is 31.2 Å². The Hall–Kier alpha value is -2.12. The Bertz CT molecular complexity index is 830. The predicted molar refractivity (Wildman–Crippen MR) is 114 cm³/mol. The number of ether oxygens (including phenoxy) is 2. The molecule has 0 saturated carbocycles. The van der Waals surface area contributed by atoms with E-state index in [1.54, 1.807) is 18.4 Å². The second-order valence-corrected chi connectivity index (χ2v) is 8.10. The molecule has 1 unspecified atom stereocenters. The van der Waals surface area contributed by atoms with E-state index in [-0.39, 0.29) is 5.97 Å². The molecule has 7 heteroatoms. The number of carbonyl (C=O) groups is 1. The van der Waals surface area contributed by atoms with Gasteiger partial charge in [0.2, 0.25) is 0 Å². The molecule has 27 heavy (non-hydrogen) atoms. The average molecular weight is 405 g/mol. The van der Waals surface area contributed by atoms with Crippen LogP contribution in [-0.2, 0) is 17.6 Å². The third-order valence-corrected chi connectivity index (χ3v) is 5.94. The van der Waals surface area contributed by atoms with Crippen molar-refractivity contribution in [2.24, 2.45) is 5.92 Å². The molecule has 1 atom stereocenters. The van der Waals surface area contributed by atoms with Crippen LogP contribution in [0.1, 0.15) is 41.1 Å². The molecule has 0 fully saturated rings. The number of fused-ring (bicyclic) bond motifs is 1. The van der Waals surface area contributed by atoms with E-state index >= 15 is 0 Å². The molecule has 1 aromatic heterocycles. The van der Waals surface area contributed by atoms with Crippen LogP contribution in [0.3, 0.4) is 0 Å². The fourth-order valence-corrected chi connectivity index (χ4v) is 4.89. The minimum atomic E-state index is -0.278. The molecule has 0 radical (unpaired) electrons. The van der Waals surface area contributed by atoms with Crippen molar-refractivity contribution in [1.82, 2.24) is 0 Å². The molecule has 3 rings (SSSR count). The first-order chi connectivity index (χ1) is 13.0.